The van der Waals surface area contributed by atoms with Gasteiger partial charge in [-0.3, -0.25) is 10.1 Å². The van der Waals surface area contributed by atoms with Crippen molar-refractivity contribution in [3.05, 3.63) is 35.5 Å². The Morgan fingerprint density at radius 2 is 2.05 bits per heavy atom. The number of carbonyl (C=O) groups is 2. The number of benzene rings is 1. The summed E-state index contributed by atoms with van der Waals surface area (Å²) < 4.78 is 0. The van der Waals surface area contributed by atoms with Crippen molar-refractivity contribution in [2.75, 3.05) is 6.54 Å². The normalized spacial score (nSPS) is 22.1. The van der Waals surface area contributed by atoms with Crippen LogP contribution in [0, 0.1) is 0 Å². The zero-order chi connectivity index (χ0) is 13.0. The maximum Gasteiger partial charge on any atom is 0.324 e. The highest BCUT2D eigenvalue weighted by Crippen LogP contribution is 2.37. The summed E-state index contributed by atoms with van der Waals surface area (Å²) in [5, 5.41) is 3.58. The van der Waals surface area contributed by atoms with Crippen LogP contribution in [0.1, 0.15) is 23.7 Å². The van der Waals surface area contributed by atoms with Crippen molar-refractivity contribution in [1.29, 1.82) is 0 Å². The van der Waals surface area contributed by atoms with Crippen molar-refractivity contribution >= 4 is 22.8 Å². The average molecular weight is 255 g/mol. The summed E-state index contributed by atoms with van der Waals surface area (Å²) in [6, 6.07) is 7.71. The molecule has 1 unspecified atom stereocenters. The smallest absolute Gasteiger partial charge is 0.324 e. The van der Waals surface area contributed by atoms with E-state index in [1.807, 2.05) is 18.2 Å². The zero-order valence-corrected chi connectivity index (χ0v) is 10.3. The van der Waals surface area contributed by atoms with Gasteiger partial charge in [-0.15, -0.1) is 0 Å². The molecule has 0 bridgehead atoms. The van der Waals surface area contributed by atoms with Gasteiger partial charge in [0.2, 0.25) is 5.91 Å². The number of fused-ring (bicyclic) bond motifs is 5. The van der Waals surface area contributed by atoms with Gasteiger partial charge in [0, 0.05) is 23.1 Å². The molecule has 2 aliphatic rings. The molecule has 1 fully saturated rings. The van der Waals surface area contributed by atoms with Crippen LogP contribution >= 0.6 is 0 Å². The van der Waals surface area contributed by atoms with Gasteiger partial charge in [0.05, 0.1) is 12.5 Å². The van der Waals surface area contributed by atoms with E-state index >= 15 is 0 Å². The van der Waals surface area contributed by atoms with Crippen molar-refractivity contribution in [2.24, 2.45) is 0 Å². The van der Waals surface area contributed by atoms with Crippen molar-refractivity contribution < 1.29 is 9.59 Å². The van der Waals surface area contributed by atoms with Gasteiger partial charge in [0.15, 0.2) is 0 Å². The first kappa shape index (κ1) is 10.6. The summed E-state index contributed by atoms with van der Waals surface area (Å²) in [5.41, 5.74) is 3.35. The van der Waals surface area contributed by atoms with Gasteiger partial charge in [0.1, 0.15) is 0 Å². The second-order valence-electron chi connectivity index (χ2n) is 5.08. The predicted molar refractivity (Wildman–Crippen MR) is 69.6 cm³/mol. The van der Waals surface area contributed by atoms with Gasteiger partial charge in [0.25, 0.3) is 0 Å². The Bertz CT molecular complexity index is 704. The molecule has 19 heavy (non-hydrogen) atoms. The number of carbonyl (C=O) groups excluding carboxylic acids is 2. The molecule has 2 aromatic rings. The molecule has 1 aromatic heterocycles. The molecule has 96 valence electrons. The second kappa shape index (κ2) is 3.60. The molecule has 5 heteroatoms. The lowest BCUT2D eigenvalue weighted by Gasteiger charge is -2.38. The van der Waals surface area contributed by atoms with E-state index in [9.17, 15) is 9.59 Å². The third kappa shape index (κ3) is 1.41. The molecule has 5 nitrogen and oxygen atoms in total. The minimum Gasteiger partial charge on any atom is -0.356 e. The van der Waals surface area contributed by atoms with E-state index in [1.165, 1.54) is 10.9 Å². The third-order valence-electron chi connectivity index (χ3n) is 4.04. The van der Waals surface area contributed by atoms with Crippen molar-refractivity contribution in [3.63, 3.8) is 0 Å². The van der Waals surface area contributed by atoms with Gasteiger partial charge < -0.3 is 9.88 Å². The van der Waals surface area contributed by atoms with Gasteiger partial charge in [-0.25, -0.2) is 4.79 Å². The summed E-state index contributed by atoms with van der Waals surface area (Å²) in [7, 11) is 0. The van der Waals surface area contributed by atoms with E-state index in [0.29, 0.717) is 13.0 Å². The molecule has 0 radical (unpaired) electrons. The maximum atomic E-state index is 11.8. The molecule has 2 N–H and O–H groups in total. The van der Waals surface area contributed by atoms with Crippen LogP contribution in [0.4, 0.5) is 4.79 Å². The molecule has 3 amide bonds. The molecule has 0 aliphatic carbocycles. The van der Waals surface area contributed by atoms with Crippen LogP contribution in [-0.4, -0.2) is 28.4 Å². The van der Waals surface area contributed by atoms with E-state index in [1.54, 1.807) is 4.90 Å². The molecule has 1 saturated heterocycles. The zero-order valence-electron chi connectivity index (χ0n) is 10.3. The van der Waals surface area contributed by atoms with Crippen molar-refractivity contribution in [1.82, 2.24) is 15.2 Å². The number of urea groups is 1. The fourth-order valence-corrected chi connectivity index (χ4v) is 3.19. The first-order valence-corrected chi connectivity index (χ1v) is 6.44. The number of nitrogens with zero attached hydrogens (tertiary/aromatic N) is 1. The van der Waals surface area contributed by atoms with Crippen LogP contribution in [0.5, 0.6) is 0 Å². The largest absolute Gasteiger partial charge is 0.356 e. The Balaban J connectivity index is 1.90. The first-order valence-electron chi connectivity index (χ1n) is 6.44. The van der Waals surface area contributed by atoms with Crippen LogP contribution in [0.2, 0.25) is 0 Å². The fraction of sp³-hybridized carbons (Fsp3) is 0.286. The van der Waals surface area contributed by atoms with Crippen LogP contribution in [0.25, 0.3) is 10.9 Å². The highest BCUT2D eigenvalue weighted by atomic mass is 16.2. The van der Waals surface area contributed by atoms with Crippen LogP contribution in [0.3, 0.4) is 0 Å². The standard InChI is InChI=1S/C14H13N3O2/c18-12-7-11-13-9(5-6-17(11)14(19)16-12)8-3-1-2-4-10(8)15-13/h1-4,11,15H,5-7H2,(H,16,18,19). The topological polar surface area (TPSA) is 65.2 Å². The number of aromatic nitrogens is 1. The van der Waals surface area contributed by atoms with E-state index in [0.717, 1.165) is 17.6 Å². The molecule has 0 saturated carbocycles. The molecule has 2 aliphatic heterocycles. The number of imide groups is 1. The number of hydrogen-bond donors (Lipinski definition) is 2. The van der Waals surface area contributed by atoms with E-state index in [-0.39, 0.29) is 18.0 Å². The summed E-state index contributed by atoms with van der Waals surface area (Å²) in [4.78, 5) is 28.6. The molecule has 0 spiro atoms. The van der Waals surface area contributed by atoms with Crippen molar-refractivity contribution in [2.45, 2.75) is 18.9 Å². The lowest BCUT2D eigenvalue weighted by molar-refractivity contribution is -0.123. The molecule has 1 aromatic carbocycles. The quantitative estimate of drug-likeness (QED) is 0.752. The molecule has 4 rings (SSSR count). The molecule has 1 atom stereocenters. The number of nitrogens with one attached hydrogen (secondary N) is 2. The summed E-state index contributed by atoms with van der Waals surface area (Å²) in [5.74, 6) is -0.197. The van der Waals surface area contributed by atoms with Crippen molar-refractivity contribution in [3.8, 4) is 0 Å². The molecule has 3 heterocycles. The Morgan fingerprint density at radius 3 is 2.95 bits per heavy atom. The SMILES string of the molecule is O=C1CC2c3[nH]c4ccccc4c3CCN2C(=O)N1. The summed E-state index contributed by atoms with van der Waals surface area (Å²) >= 11 is 0. The summed E-state index contributed by atoms with van der Waals surface area (Å²) in [6.07, 6.45) is 1.17. The fourth-order valence-electron chi connectivity index (χ4n) is 3.19. The maximum absolute atomic E-state index is 11.8. The minimum absolute atomic E-state index is 0.141. The lowest BCUT2D eigenvalue weighted by atomic mass is 9.94. The summed E-state index contributed by atoms with van der Waals surface area (Å²) in [6.45, 7) is 0.665. The number of para-hydroxylation sites is 1. The number of aromatic amines is 1. The van der Waals surface area contributed by atoms with E-state index < -0.39 is 0 Å². The number of rotatable bonds is 0. The Morgan fingerprint density at radius 1 is 1.21 bits per heavy atom. The number of H-pyrrole nitrogens is 1. The van der Waals surface area contributed by atoms with Gasteiger partial charge in [-0.05, 0) is 18.1 Å². The Kier molecular flexibility index (Phi) is 2.01. The third-order valence-corrected chi connectivity index (χ3v) is 4.04. The number of amides is 3. The highest BCUT2D eigenvalue weighted by Gasteiger charge is 2.38. The van der Waals surface area contributed by atoms with Crippen LogP contribution in [0.15, 0.2) is 24.3 Å². The van der Waals surface area contributed by atoms with Crippen LogP contribution < -0.4 is 5.32 Å². The number of hydrogen-bond acceptors (Lipinski definition) is 2. The van der Waals surface area contributed by atoms with Gasteiger partial charge >= 0.3 is 6.03 Å². The highest BCUT2D eigenvalue weighted by molar-refractivity contribution is 5.98. The van der Waals surface area contributed by atoms with Gasteiger partial charge in [-0.1, -0.05) is 18.2 Å². The van der Waals surface area contributed by atoms with Gasteiger partial charge in [-0.2, -0.15) is 0 Å². The van der Waals surface area contributed by atoms with Crippen LogP contribution in [-0.2, 0) is 11.2 Å². The Hall–Kier alpha value is -2.30. The first-order chi connectivity index (χ1) is 9.24. The molecular formula is C14H13N3O2. The monoisotopic (exact) mass is 255 g/mol. The van der Waals surface area contributed by atoms with E-state index in [4.69, 9.17) is 0 Å². The van der Waals surface area contributed by atoms with E-state index in [2.05, 4.69) is 16.4 Å². The second-order valence-corrected chi connectivity index (χ2v) is 5.08. The Labute approximate surface area is 109 Å². The average Bonchev–Trinajstić information content (AvgIpc) is 2.77. The predicted octanol–water partition coefficient (Wildman–Crippen LogP) is 1.71. The minimum atomic E-state index is -0.273. The molecular weight excluding hydrogens is 242 g/mol. The lowest BCUT2D eigenvalue weighted by Crippen LogP contribution is -2.53.